The summed E-state index contributed by atoms with van der Waals surface area (Å²) in [6.45, 7) is 14.6. The van der Waals surface area contributed by atoms with Gasteiger partial charge in [-0.3, -0.25) is 5.32 Å². The summed E-state index contributed by atoms with van der Waals surface area (Å²) in [5.74, 6) is -0.902. The van der Waals surface area contributed by atoms with Gasteiger partial charge in [0.1, 0.15) is 29.6 Å². The molecular weight excluding hydrogens is 558 g/mol. The number of ether oxygens (including phenoxy) is 2. The average molecular weight is 601 g/mol. The van der Waals surface area contributed by atoms with E-state index in [0.29, 0.717) is 18.6 Å². The highest BCUT2D eigenvalue weighted by atomic mass is 19.1. The first-order valence-electron chi connectivity index (χ1n) is 15.0. The first-order valence-corrected chi connectivity index (χ1v) is 15.0. The predicted octanol–water partition coefficient (Wildman–Crippen LogP) is 8.49. The Balaban J connectivity index is 1.69. The zero-order valence-electron chi connectivity index (χ0n) is 26.4. The third kappa shape index (κ3) is 7.97. The molecule has 0 radical (unpaired) electrons. The monoisotopic (exact) mass is 600 g/mol. The number of pyridine rings is 1. The van der Waals surface area contributed by atoms with Gasteiger partial charge in [-0.15, -0.1) is 0 Å². The van der Waals surface area contributed by atoms with E-state index in [1.54, 1.807) is 7.11 Å². The van der Waals surface area contributed by atoms with Crippen molar-refractivity contribution in [3.8, 4) is 6.07 Å². The van der Waals surface area contributed by atoms with Gasteiger partial charge in [-0.2, -0.15) is 5.26 Å². The van der Waals surface area contributed by atoms with E-state index in [1.165, 1.54) is 23.8 Å². The van der Waals surface area contributed by atoms with Gasteiger partial charge in [0.2, 0.25) is 0 Å². The van der Waals surface area contributed by atoms with E-state index in [-0.39, 0.29) is 47.2 Å². The summed E-state index contributed by atoms with van der Waals surface area (Å²) < 4.78 is 41.2. The third-order valence-electron chi connectivity index (χ3n) is 7.85. The number of hydrogen-bond acceptors (Lipinski definition) is 6. The van der Waals surface area contributed by atoms with Crippen LogP contribution < -0.4 is 10.6 Å². The van der Waals surface area contributed by atoms with Gasteiger partial charge in [0.25, 0.3) is 0 Å². The van der Waals surface area contributed by atoms with Crippen LogP contribution in [0.25, 0.3) is 11.6 Å². The highest BCUT2D eigenvalue weighted by Gasteiger charge is 2.30. The first kappa shape index (κ1) is 33.0. The number of methoxy groups -OCH3 is 1. The Morgan fingerprint density at radius 3 is 2.66 bits per heavy atom. The highest BCUT2D eigenvalue weighted by Crippen LogP contribution is 2.38. The molecule has 0 bridgehead atoms. The fourth-order valence-electron chi connectivity index (χ4n) is 6.00. The molecule has 2 aliphatic carbocycles. The van der Waals surface area contributed by atoms with Gasteiger partial charge in [-0.25, -0.2) is 13.8 Å². The maximum absolute atomic E-state index is 15.7. The number of nitrogens with one attached hydrogen (secondary N) is 2. The molecule has 0 aliphatic heterocycles. The summed E-state index contributed by atoms with van der Waals surface area (Å²) >= 11 is 0. The molecule has 4 rings (SSSR count). The Morgan fingerprint density at radius 1 is 1.18 bits per heavy atom. The molecule has 2 N–H and O–H groups in total. The molecule has 6 nitrogen and oxygen atoms in total. The molecular formula is C36H42F2N4O2. The number of nitriles is 1. The lowest BCUT2D eigenvalue weighted by Gasteiger charge is -2.32. The number of hydrogen-bond donors (Lipinski definition) is 2. The number of aromatic nitrogens is 1. The van der Waals surface area contributed by atoms with E-state index in [4.69, 9.17) is 9.47 Å². The Hall–Kier alpha value is -3.90. The number of rotatable bonds is 13. The zero-order valence-corrected chi connectivity index (χ0v) is 26.4. The largest absolute Gasteiger partial charge is 0.385 e. The van der Waals surface area contributed by atoms with Crippen LogP contribution in [0.15, 0.2) is 72.1 Å². The van der Waals surface area contributed by atoms with Crippen molar-refractivity contribution in [2.24, 2.45) is 5.92 Å². The molecule has 0 fully saturated rings. The Morgan fingerprint density at radius 2 is 1.95 bits per heavy atom. The van der Waals surface area contributed by atoms with Crippen LogP contribution in [0.3, 0.4) is 0 Å². The van der Waals surface area contributed by atoms with Crippen LogP contribution in [-0.4, -0.2) is 37.1 Å². The molecule has 0 saturated heterocycles. The molecule has 0 spiro atoms. The number of nitrogens with zero attached hydrogens (tertiary/aromatic N) is 2. The molecule has 0 amide bonds. The summed E-state index contributed by atoms with van der Waals surface area (Å²) in [4.78, 5) is 4.64. The van der Waals surface area contributed by atoms with Crippen molar-refractivity contribution in [2.45, 2.75) is 71.8 Å². The van der Waals surface area contributed by atoms with E-state index in [9.17, 15) is 9.65 Å². The molecule has 2 aliphatic rings. The first-order chi connectivity index (χ1) is 21.0. The normalized spacial score (nSPS) is 18.0. The smallest absolute Gasteiger partial charge is 0.150 e. The maximum atomic E-state index is 15.7. The average Bonchev–Trinajstić information content (AvgIpc) is 3.28. The van der Waals surface area contributed by atoms with Crippen molar-refractivity contribution in [1.29, 1.82) is 5.26 Å². The van der Waals surface area contributed by atoms with Gasteiger partial charge < -0.3 is 14.8 Å². The van der Waals surface area contributed by atoms with Gasteiger partial charge in [-0.05, 0) is 100 Å². The lowest BCUT2D eigenvalue weighted by Crippen LogP contribution is -2.42. The molecule has 8 heteroatoms. The van der Waals surface area contributed by atoms with E-state index in [0.717, 1.165) is 28.8 Å². The van der Waals surface area contributed by atoms with E-state index >= 15 is 4.39 Å². The molecule has 232 valence electrons. The van der Waals surface area contributed by atoms with Crippen LogP contribution in [0.4, 0.5) is 20.3 Å². The fraction of sp³-hybridized carbons (Fsp3) is 0.389. The summed E-state index contributed by atoms with van der Waals surface area (Å²) in [6.07, 6.45) is 10.1. The van der Waals surface area contributed by atoms with Crippen molar-refractivity contribution in [1.82, 2.24) is 10.3 Å². The van der Waals surface area contributed by atoms with Gasteiger partial charge in [-0.1, -0.05) is 36.4 Å². The quantitative estimate of drug-likeness (QED) is 0.225. The second kappa shape index (κ2) is 14.7. The SMILES string of the molecule is C=C(c1nc(Nc2ccc3c(c2)C=CC3CCOC)c(C#N)cc1F)[C@H](C1=CC(C)=CC(F)=CC1)[C@H](C)NC(C)OC(C)C. The van der Waals surface area contributed by atoms with Crippen LogP contribution in [0, 0.1) is 23.1 Å². The van der Waals surface area contributed by atoms with Crippen molar-refractivity contribution in [3.63, 3.8) is 0 Å². The molecule has 1 heterocycles. The van der Waals surface area contributed by atoms with E-state index in [2.05, 4.69) is 46.5 Å². The van der Waals surface area contributed by atoms with Crippen molar-refractivity contribution >= 4 is 23.2 Å². The third-order valence-corrected chi connectivity index (χ3v) is 7.85. The maximum Gasteiger partial charge on any atom is 0.150 e. The molecule has 2 unspecified atom stereocenters. The predicted molar refractivity (Wildman–Crippen MR) is 173 cm³/mol. The summed E-state index contributed by atoms with van der Waals surface area (Å²) in [5, 5.41) is 16.5. The van der Waals surface area contributed by atoms with Gasteiger partial charge in [0.05, 0.1) is 11.7 Å². The Labute approximate surface area is 259 Å². The number of fused-ring (bicyclic) bond motifs is 1. The second-order valence-electron chi connectivity index (χ2n) is 11.7. The highest BCUT2D eigenvalue weighted by molar-refractivity contribution is 5.74. The van der Waals surface area contributed by atoms with Crippen LogP contribution in [0.5, 0.6) is 0 Å². The summed E-state index contributed by atoms with van der Waals surface area (Å²) in [6, 6.07) is 8.97. The van der Waals surface area contributed by atoms with Gasteiger partial charge >= 0.3 is 0 Å². The van der Waals surface area contributed by atoms with Crippen LogP contribution in [-0.2, 0) is 9.47 Å². The molecule has 44 heavy (non-hydrogen) atoms. The minimum absolute atomic E-state index is 0.00266. The van der Waals surface area contributed by atoms with Crippen molar-refractivity contribution in [3.05, 3.63) is 100 Å². The molecule has 1 aromatic carbocycles. The number of halogens is 2. The second-order valence-corrected chi connectivity index (χ2v) is 11.7. The van der Waals surface area contributed by atoms with Gasteiger partial charge in [0, 0.05) is 37.3 Å². The van der Waals surface area contributed by atoms with E-state index in [1.807, 2.05) is 52.8 Å². The minimum Gasteiger partial charge on any atom is -0.385 e. The summed E-state index contributed by atoms with van der Waals surface area (Å²) in [5.41, 5.74) is 5.15. The van der Waals surface area contributed by atoms with Crippen molar-refractivity contribution in [2.75, 3.05) is 19.0 Å². The van der Waals surface area contributed by atoms with Gasteiger partial charge in [0.15, 0.2) is 5.82 Å². The fourth-order valence-corrected chi connectivity index (χ4v) is 6.00. The number of allylic oxidation sites excluding steroid dienone is 6. The van der Waals surface area contributed by atoms with E-state index < -0.39 is 11.7 Å². The number of benzene rings is 1. The molecule has 4 atom stereocenters. The molecule has 2 aromatic rings. The zero-order chi connectivity index (χ0) is 32.0. The molecule has 0 saturated carbocycles. The van der Waals surface area contributed by atoms with Crippen LogP contribution >= 0.6 is 0 Å². The van der Waals surface area contributed by atoms with Crippen LogP contribution in [0.2, 0.25) is 0 Å². The Kier molecular flexibility index (Phi) is 11.0. The summed E-state index contributed by atoms with van der Waals surface area (Å²) in [7, 11) is 1.70. The van der Waals surface area contributed by atoms with Crippen LogP contribution in [0.1, 0.15) is 75.8 Å². The Bertz CT molecular complexity index is 1550. The standard InChI is InChI=1S/C36H42F2N4O2/c1-21(2)44-25(6)40-24(5)34(28-10-11-30(37)17-22(3)16-28)23(4)35-33(38)19-29(20-39)36(42-35)41-31-12-13-32-26(14-15-43-7)8-9-27(32)18-31/h8-9,11-13,16-19,21,24-26,34,40H,4,10,14-15H2,1-3,5-7H3,(H,41,42)/t24-,25?,26?,34-/m0/s1. The topological polar surface area (TPSA) is 79.2 Å². The number of anilines is 2. The molecule has 1 aromatic heterocycles. The van der Waals surface area contributed by atoms with Crippen molar-refractivity contribution < 1.29 is 18.3 Å². The lowest BCUT2D eigenvalue weighted by molar-refractivity contribution is -0.00756. The minimum atomic E-state index is -0.651. The lowest BCUT2D eigenvalue weighted by atomic mass is 9.81.